The van der Waals surface area contributed by atoms with Crippen LogP contribution in [0.25, 0.3) is 0 Å². The van der Waals surface area contributed by atoms with E-state index in [0.717, 1.165) is 4.68 Å². The molecule has 2 N–H and O–H groups in total. The number of nitrogens with zero attached hydrogens (tertiary/aromatic N) is 3. The van der Waals surface area contributed by atoms with Crippen LogP contribution in [0, 0.1) is 19.3 Å². The number of aromatic nitrogens is 2. The smallest absolute Gasteiger partial charge is 0.408 e. The predicted octanol–water partition coefficient (Wildman–Crippen LogP) is 2.63. The Hall–Kier alpha value is -2.26. The molecule has 1 saturated heterocycles. The predicted molar refractivity (Wildman–Crippen MR) is 86.6 cm³/mol. The molecule has 2 atom stereocenters. The molecule has 10 heteroatoms. The molecule has 26 heavy (non-hydrogen) atoms. The second kappa shape index (κ2) is 6.81. The molecule has 0 aliphatic carbocycles. The number of nitrogens with one attached hydrogen (secondary N) is 1. The van der Waals surface area contributed by atoms with Crippen molar-refractivity contribution in [3.05, 3.63) is 17.0 Å². The number of rotatable bonds is 4. The zero-order valence-electron chi connectivity index (χ0n) is 15.1. The summed E-state index contributed by atoms with van der Waals surface area (Å²) in [6.45, 7) is 5.58. The number of hydrogen-bond donors (Lipinski definition) is 2. The van der Waals surface area contributed by atoms with Gasteiger partial charge in [0.15, 0.2) is 0 Å². The van der Waals surface area contributed by atoms with Crippen LogP contribution in [0.15, 0.2) is 0 Å². The zero-order chi connectivity index (χ0) is 19.9. The van der Waals surface area contributed by atoms with Gasteiger partial charge in [-0.3, -0.25) is 9.48 Å². The van der Waals surface area contributed by atoms with E-state index in [1.807, 2.05) is 0 Å². The number of aliphatic carboxylic acids is 1. The Labute approximate surface area is 149 Å². The van der Waals surface area contributed by atoms with Crippen molar-refractivity contribution in [3.8, 4) is 0 Å². The number of carbonyl (C=O) groups excluding carboxylic acids is 1. The molecule has 1 aromatic rings. The maximum atomic E-state index is 12.6. The second-order valence-corrected chi connectivity index (χ2v) is 7.07. The van der Waals surface area contributed by atoms with Crippen molar-refractivity contribution < 1.29 is 27.9 Å². The van der Waals surface area contributed by atoms with Gasteiger partial charge in [0.2, 0.25) is 0 Å². The van der Waals surface area contributed by atoms with Crippen molar-refractivity contribution in [1.29, 1.82) is 0 Å². The van der Waals surface area contributed by atoms with Gasteiger partial charge >= 0.3 is 18.2 Å². The van der Waals surface area contributed by atoms with E-state index in [1.54, 1.807) is 20.8 Å². The molecule has 0 radical (unpaired) electrons. The van der Waals surface area contributed by atoms with E-state index in [9.17, 15) is 27.9 Å². The van der Waals surface area contributed by atoms with Crippen molar-refractivity contribution >= 4 is 12.0 Å². The molecule has 1 aliphatic rings. The summed E-state index contributed by atoms with van der Waals surface area (Å²) in [5, 5.41) is 15.9. The molecule has 146 valence electrons. The standard InChI is InChI=1S/C16H23F3N4O3/c1-9(12-10(2)21-23(11(12)3)8-16(17,18)19)20-14(26)22-6-5-15(4,7-22)13(24)25/h9H,5-8H2,1-4H3,(H,20,26)(H,24,25). The van der Waals surface area contributed by atoms with Crippen molar-refractivity contribution in [2.24, 2.45) is 5.41 Å². The topological polar surface area (TPSA) is 87.5 Å². The molecule has 2 amide bonds. The number of hydrogen-bond acceptors (Lipinski definition) is 3. The molecule has 0 saturated carbocycles. The fourth-order valence-corrected chi connectivity index (χ4v) is 3.32. The fourth-order valence-electron chi connectivity index (χ4n) is 3.32. The van der Waals surface area contributed by atoms with Gasteiger partial charge in [0.05, 0.1) is 17.2 Å². The lowest BCUT2D eigenvalue weighted by Crippen LogP contribution is -2.42. The summed E-state index contributed by atoms with van der Waals surface area (Å²) in [7, 11) is 0. The number of carboxylic acids is 1. The Bertz CT molecular complexity index is 716. The fraction of sp³-hybridized carbons (Fsp3) is 0.688. The summed E-state index contributed by atoms with van der Waals surface area (Å²) in [5.74, 6) is -0.957. The Balaban J connectivity index is 2.10. The first-order chi connectivity index (χ1) is 11.8. The molecule has 1 fully saturated rings. The highest BCUT2D eigenvalue weighted by Crippen LogP contribution is 2.31. The molecule has 0 bridgehead atoms. The third kappa shape index (κ3) is 4.10. The van der Waals surface area contributed by atoms with Crippen LogP contribution in [0.4, 0.5) is 18.0 Å². The van der Waals surface area contributed by atoms with Crippen LogP contribution >= 0.6 is 0 Å². The zero-order valence-corrected chi connectivity index (χ0v) is 15.1. The molecular formula is C16H23F3N4O3. The molecule has 7 nitrogen and oxygen atoms in total. The van der Waals surface area contributed by atoms with Gasteiger partial charge in [-0.1, -0.05) is 0 Å². The third-order valence-corrected chi connectivity index (χ3v) is 4.82. The van der Waals surface area contributed by atoms with Crippen LogP contribution in [0.3, 0.4) is 0 Å². The van der Waals surface area contributed by atoms with Crippen LogP contribution in [-0.2, 0) is 11.3 Å². The molecule has 2 unspecified atom stereocenters. The Morgan fingerprint density at radius 3 is 2.50 bits per heavy atom. The van der Waals surface area contributed by atoms with E-state index in [-0.39, 0.29) is 6.54 Å². The van der Waals surface area contributed by atoms with Crippen molar-refractivity contribution in [2.75, 3.05) is 13.1 Å². The highest BCUT2D eigenvalue weighted by atomic mass is 19.4. The first kappa shape index (κ1) is 20.1. The number of aryl methyl sites for hydroxylation is 1. The summed E-state index contributed by atoms with van der Waals surface area (Å²) >= 11 is 0. The summed E-state index contributed by atoms with van der Waals surface area (Å²) in [6.07, 6.45) is -4.03. The van der Waals surface area contributed by atoms with E-state index in [1.165, 1.54) is 11.8 Å². The van der Waals surface area contributed by atoms with Crippen LogP contribution in [-0.4, -0.2) is 51.1 Å². The SMILES string of the molecule is Cc1nn(CC(F)(F)F)c(C)c1C(C)NC(=O)N1CCC(C)(C(=O)O)C1. The average molecular weight is 376 g/mol. The molecule has 2 heterocycles. The van der Waals surface area contributed by atoms with Gasteiger partial charge < -0.3 is 15.3 Å². The minimum Gasteiger partial charge on any atom is -0.481 e. The Morgan fingerprint density at radius 1 is 1.38 bits per heavy atom. The lowest BCUT2D eigenvalue weighted by Gasteiger charge is -2.23. The van der Waals surface area contributed by atoms with E-state index in [2.05, 4.69) is 10.4 Å². The monoisotopic (exact) mass is 376 g/mol. The van der Waals surface area contributed by atoms with Crippen molar-refractivity contribution in [3.63, 3.8) is 0 Å². The molecule has 0 aromatic carbocycles. The molecule has 1 aliphatic heterocycles. The third-order valence-electron chi connectivity index (χ3n) is 4.82. The maximum absolute atomic E-state index is 12.6. The van der Waals surface area contributed by atoms with Gasteiger partial charge in [0.25, 0.3) is 0 Å². The number of carbonyl (C=O) groups is 2. The molecular weight excluding hydrogens is 353 g/mol. The van der Waals surface area contributed by atoms with Crippen LogP contribution in [0.1, 0.15) is 43.3 Å². The van der Waals surface area contributed by atoms with Gasteiger partial charge in [-0.25, -0.2) is 4.79 Å². The van der Waals surface area contributed by atoms with Crippen LogP contribution < -0.4 is 5.32 Å². The van der Waals surface area contributed by atoms with Crippen LogP contribution in [0.5, 0.6) is 0 Å². The summed E-state index contributed by atoms with van der Waals surface area (Å²) in [6, 6.07) is -0.994. The molecule has 2 rings (SSSR count). The lowest BCUT2D eigenvalue weighted by atomic mass is 9.90. The van der Waals surface area contributed by atoms with E-state index < -0.39 is 36.2 Å². The second-order valence-electron chi connectivity index (χ2n) is 7.07. The summed E-state index contributed by atoms with van der Waals surface area (Å²) < 4.78 is 38.8. The number of alkyl halides is 3. The minimum atomic E-state index is -4.39. The largest absolute Gasteiger partial charge is 0.481 e. The van der Waals surface area contributed by atoms with Gasteiger partial charge in [0.1, 0.15) is 6.54 Å². The summed E-state index contributed by atoms with van der Waals surface area (Å²) in [5.41, 5.74) is 0.299. The Morgan fingerprint density at radius 2 is 2.00 bits per heavy atom. The first-order valence-electron chi connectivity index (χ1n) is 8.23. The summed E-state index contributed by atoms with van der Waals surface area (Å²) in [4.78, 5) is 25.1. The van der Waals surface area contributed by atoms with Gasteiger partial charge in [0, 0.05) is 24.3 Å². The van der Waals surface area contributed by atoms with E-state index in [4.69, 9.17) is 0 Å². The lowest BCUT2D eigenvalue weighted by molar-refractivity contribution is -0.147. The van der Waals surface area contributed by atoms with Gasteiger partial charge in [-0.05, 0) is 34.1 Å². The first-order valence-corrected chi connectivity index (χ1v) is 8.23. The van der Waals surface area contributed by atoms with Crippen molar-refractivity contribution in [1.82, 2.24) is 20.0 Å². The van der Waals surface area contributed by atoms with Crippen LogP contribution in [0.2, 0.25) is 0 Å². The maximum Gasteiger partial charge on any atom is 0.408 e. The minimum absolute atomic E-state index is 0.0895. The number of halogens is 3. The van der Waals surface area contributed by atoms with Gasteiger partial charge in [-0.2, -0.15) is 18.3 Å². The number of carboxylic acid groups (broad SMARTS) is 1. The highest BCUT2D eigenvalue weighted by Gasteiger charge is 2.42. The van der Waals surface area contributed by atoms with E-state index in [0.29, 0.717) is 29.9 Å². The normalized spacial score (nSPS) is 21.7. The number of urea groups is 1. The van der Waals surface area contributed by atoms with E-state index >= 15 is 0 Å². The quantitative estimate of drug-likeness (QED) is 0.846. The van der Waals surface area contributed by atoms with Crippen molar-refractivity contribution in [2.45, 2.75) is 52.9 Å². The molecule has 1 aromatic heterocycles. The van der Waals surface area contributed by atoms with Gasteiger partial charge in [-0.15, -0.1) is 0 Å². The average Bonchev–Trinajstić information content (AvgIpc) is 3.00. The number of amides is 2. The highest BCUT2D eigenvalue weighted by molar-refractivity contribution is 5.79. The molecule has 0 spiro atoms. The Kier molecular flexibility index (Phi) is 5.25. The number of likely N-dealkylation sites (tertiary alicyclic amines) is 1.